The molecule has 0 bridgehead atoms. The average molecular weight is 224 g/mol. The van der Waals surface area contributed by atoms with Crippen LogP contribution in [-0.4, -0.2) is 34.6 Å². The molecule has 1 heterocycles. The van der Waals surface area contributed by atoms with E-state index in [4.69, 9.17) is 5.73 Å². The molecule has 1 aromatic rings. The van der Waals surface area contributed by atoms with E-state index in [1.807, 2.05) is 24.1 Å². The summed E-state index contributed by atoms with van der Waals surface area (Å²) in [6, 6.07) is 0.242. The first-order valence-corrected chi connectivity index (χ1v) is 5.71. The van der Waals surface area contributed by atoms with E-state index in [0.29, 0.717) is 6.54 Å². The second kappa shape index (κ2) is 4.97. The Bertz CT molecular complexity index is 324. The van der Waals surface area contributed by atoms with Gasteiger partial charge in [0.25, 0.3) is 0 Å². The van der Waals surface area contributed by atoms with Crippen LogP contribution in [0.2, 0.25) is 0 Å². The van der Waals surface area contributed by atoms with E-state index in [9.17, 15) is 0 Å². The summed E-state index contributed by atoms with van der Waals surface area (Å²) >= 11 is 0. The summed E-state index contributed by atoms with van der Waals surface area (Å²) in [6.07, 6.45) is 3.72. The van der Waals surface area contributed by atoms with Crippen LogP contribution in [-0.2, 0) is 7.05 Å². The maximum absolute atomic E-state index is 5.87. The molecular formula is C12H24N4. The van der Waals surface area contributed by atoms with E-state index in [1.165, 1.54) is 5.69 Å². The van der Waals surface area contributed by atoms with Crippen LogP contribution in [0.25, 0.3) is 0 Å². The molecule has 0 spiro atoms. The van der Waals surface area contributed by atoms with Gasteiger partial charge in [0.2, 0.25) is 0 Å². The normalized spacial score (nSPS) is 14.4. The number of hydrogen-bond acceptors (Lipinski definition) is 3. The first-order valence-electron chi connectivity index (χ1n) is 5.71. The molecule has 1 unspecified atom stereocenters. The van der Waals surface area contributed by atoms with Gasteiger partial charge in [0.15, 0.2) is 0 Å². The molecule has 4 heteroatoms. The van der Waals surface area contributed by atoms with Crippen molar-refractivity contribution in [3.05, 3.63) is 18.2 Å². The van der Waals surface area contributed by atoms with Gasteiger partial charge in [0, 0.05) is 26.3 Å². The molecule has 2 N–H and O–H groups in total. The average Bonchev–Trinajstić information content (AvgIpc) is 2.50. The van der Waals surface area contributed by atoms with Gasteiger partial charge in [-0.05, 0) is 12.5 Å². The van der Waals surface area contributed by atoms with Crippen LogP contribution < -0.4 is 5.73 Å². The van der Waals surface area contributed by atoms with Crippen LogP contribution in [0, 0.1) is 5.41 Å². The molecule has 1 atom stereocenters. The topological polar surface area (TPSA) is 47.1 Å². The van der Waals surface area contributed by atoms with Crippen molar-refractivity contribution >= 4 is 0 Å². The molecular weight excluding hydrogens is 200 g/mol. The number of nitrogens with zero attached hydrogens (tertiary/aromatic N) is 3. The molecule has 0 amide bonds. The highest BCUT2D eigenvalue weighted by atomic mass is 15.2. The summed E-state index contributed by atoms with van der Waals surface area (Å²) < 4.78 is 2.04. The zero-order valence-corrected chi connectivity index (χ0v) is 11.1. The third kappa shape index (κ3) is 3.32. The Balaban J connectivity index is 2.79. The van der Waals surface area contributed by atoms with Gasteiger partial charge in [0.05, 0.1) is 18.1 Å². The van der Waals surface area contributed by atoms with E-state index < -0.39 is 0 Å². The molecule has 1 aromatic heterocycles. The van der Waals surface area contributed by atoms with Gasteiger partial charge in [-0.25, -0.2) is 4.98 Å². The zero-order chi connectivity index (χ0) is 12.3. The number of aryl methyl sites for hydroxylation is 1. The highest BCUT2D eigenvalue weighted by molar-refractivity contribution is 5.05. The van der Waals surface area contributed by atoms with Crippen molar-refractivity contribution in [3.8, 4) is 0 Å². The molecule has 0 saturated heterocycles. The number of aromatic nitrogens is 2. The van der Waals surface area contributed by atoms with Gasteiger partial charge in [-0.15, -0.1) is 0 Å². The summed E-state index contributed by atoms with van der Waals surface area (Å²) in [5.74, 6) is 0. The Morgan fingerprint density at radius 1 is 1.50 bits per heavy atom. The Kier molecular flexibility index (Phi) is 4.10. The SMILES string of the molecule is CN(CC(C)(C)C)C(CN)c1cncn1C. The van der Waals surface area contributed by atoms with Crippen molar-refractivity contribution < 1.29 is 0 Å². The molecule has 92 valence electrons. The summed E-state index contributed by atoms with van der Waals surface area (Å²) in [6.45, 7) is 8.34. The Hall–Kier alpha value is -0.870. The minimum atomic E-state index is 0.242. The Morgan fingerprint density at radius 2 is 2.12 bits per heavy atom. The van der Waals surface area contributed by atoms with Crippen LogP contribution in [0.15, 0.2) is 12.5 Å². The molecule has 0 aliphatic carbocycles. The third-order valence-corrected chi connectivity index (χ3v) is 2.67. The maximum atomic E-state index is 5.87. The van der Waals surface area contributed by atoms with Gasteiger partial charge in [-0.1, -0.05) is 20.8 Å². The molecule has 0 aliphatic heterocycles. The first kappa shape index (κ1) is 13.2. The second-order valence-corrected chi connectivity index (χ2v) is 5.66. The highest BCUT2D eigenvalue weighted by Gasteiger charge is 2.22. The smallest absolute Gasteiger partial charge is 0.0946 e. The monoisotopic (exact) mass is 224 g/mol. The number of hydrogen-bond donors (Lipinski definition) is 1. The lowest BCUT2D eigenvalue weighted by Crippen LogP contribution is -2.37. The maximum Gasteiger partial charge on any atom is 0.0946 e. The number of rotatable bonds is 4. The minimum absolute atomic E-state index is 0.242. The highest BCUT2D eigenvalue weighted by Crippen LogP contribution is 2.22. The quantitative estimate of drug-likeness (QED) is 0.841. The number of imidazole rings is 1. The summed E-state index contributed by atoms with van der Waals surface area (Å²) in [5.41, 5.74) is 7.32. The van der Waals surface area contributed by atoms with Crippen molar-refractivity contribution in [1.29, 1.82) is 0 Å². The van der Waals surface area contributed by atoms with Crippen LogP contribution >= 0.6 is 0 Å². The van der Waals surface area contributed by atoms with E-state index in [0.717, 1.165) is 6.54 Å². The summed E-state index contributed by atoms with van der Waals surface area (Å²) in [5, 5.41) is 0. The minimum Gasteiger partial charge on any atom is -0.336 e. The Labute approximate surface area is 98.5 Å². The van der Waals surface area contributed by atoms with Crippen LogP contribution in [0.5, 0.6) is 0 Å². The van der Waals surface area contributed by atoms with Crippen LogP contribution in [0.4, 0.5) is 0 Å². The molecule has 4 nitrogen and oxygen atoms in total. The van der Waals surface area contributed by atoms with E-state index in [2.05, 4.69) is 37.7 Å². The standard InChI is InChI=1S/C12H24N4/c1-12(2,3)8-15(4)10(6-13)11-7-14-9-16(11)5/h7,9-10H,6,8,13H2,1-5H3. The van der Waals surface area contributed by atoms with Crippen molar-refractivity contribution in [1.82, 2.24) is 14.5 Å². The lowest BCUT2D eigenvalue weighted by atomic mass is 9.95. The molecule has 1 rings (SSSR count). The number of nitrogens with two attached hydrogens (primary N) is 1. The zero-order valence-electron chi connectivity index (χ0n) is 11.1. The van der Waals surface area contributed by atoms with Crippen molar-refractivity contribution in [3.63, 3.8) is 0 Å². The van der Waals surface area contributed by atoms with Gasteiger partial charge in [-0.2, -0.15) is 0 Å². The van der Waals surface area contributed by atoms with Gasteiger partial charge in [-0.3, -0.25) is 4.90 Å². The molecule has 0 radical (unpaired) electrons. The van der Waals surface area contributed by atoms with Crippen LogP contribution in [0.3, 0.4) is 0 Å². The van der Waals surface area contributed by atoms with Gasteiger partial charge >= 0.3 is 0 Å². The fourth-order valence-corrected chi connectivity index (χ4v) is 2.07. The Morgan fingerprint density at radius 3 is 2.50 bits per heavy atom. The largest absolute Gasteiger partial charge is 0.336 e. The van der Waals surface area contributed by atoms with Gasteiger partial charge in [0.1, 0.15) is 0 Å². The lowest BCUT2D eigenvalue weighted by Gasteiger charge is -2.32. The molecule has 0 saturated carbocycles. The number of likely N-dealkylation sites (N-methyl/N-ethyl adjacent to an activating group) is 1. The molecule has 16 heavy (non-hydrogen) atoms. The molecule has 0 aromatic carbocycles. The van der Waals surface area contributed by atoms with Crippen LogP contribution in [0.1, 0.15) is 32.5 Å². The first-order chi connectivity index (χ1) is 7.35. The fraction of sp³-hybridized carbons (Fsp3) is 0.750. The van der Waals surface area contributed by atoms with E-state index in [-0.39, 0.29) is 11.5 Å². The molecule has 0 aliphatic rings. The van der Waals surface area contributed by atoms with Crippen molar-refractivity contribution in [2.24, 2.45) is 18.2 Å². The van der Waals surface area contributed by atoms with E-state index >= 15 is 0 Å². The predicted molar refractivity (Wildman–Crippen MR) is 67.1 cm³/mol. The fourth-order valence-electron chi connectivity index (χ4n) is 2.07. The summed E-state index contributed by atoms with van der Waals surface area (Å²) in [4.78, 5) is 6.45. The predicted octanol–water partition coefficient (Wildman–Crippen LogP) is 1.40. The van der Waals surface area contributed by atoms with Gasteiger partial charge < -0.3 is 10.3 Å². The van der Waals surface area contributed by atoms with E-state index in [1.54, 1.807) is 0 Å². The lowest BCUT2D eigenvalue weighted by molar-refractivity contribution is 0.171. The van der Waals surface area contributed by atoms with Crippen molar-refractivity contribution in [2.75, 3.05) is 20.1 Å². The van der Waals surface area contributed by atoms with Crippen molar-refractivity contribution in [2.45, 2.75) is 26.8 Å². The molecule has 0 fully saturated rings. The second-order valence-electron chi connectivity index (χ2n) is 5.66. The third-order valence-electron chi connectivity index (χ3n) is 2.67. The summed E-state index contributed by atoms with van der Waals surface area (Å²) in [7, 11) is 4.13.